The first-order chi connectivity index (χ1) is 8.98. The second kappa shape index (κ2) is 7.50. The molecule has 0 spiro atoms. The van der Waals surface area contributed by atoms with Crippen LogP contribution in [0.15, 0.2) is 0 Å². The maximum atomic E-state index is 13.1. The van der Waals surface area contributed by atoms with Crippen molar-refractivity contribution in [3.05, 3.63) is 0 Å². The summed E-state index contributed by atoms with van der Waals surface area (Å²) in [6, 6.07) is -1.66. The lowest BCUT2D eigenvalue weighted by Gasteiger charge is -2.30. The van der Waals surface area contributed by atoms with Gasteiger partial charge in [-0.3, -0.25) is 4.79 Å². The molecule has 1 saturated heterocycles. The van der Waals surface area contributed by atoms with Crippen molar-refractivity contribution in [2.24, 2.45) is 11.8 Å². The van der Waals surface area contributed by atoms with Gasteiger partial charge in [0.25, 0.3) is 0 Å². The average molecular weight is 315 g/mol. The molecular weight excluding hydrogens is 293 g/mol. The zero-order valence-electron chi connectivity index (χ0n) is 11.3. The van der Waals surface area contributed by atoms with Gasteiger partial charge >= 0.3 is 6.18 Å². The van der Waals surface area contributed by atoms with E-state index >= 15 is 0 Å². The van der Waals surface area contributed by atoms with Gasteiger partial charge in [0.15, 0.2) is 0 Å². The van der Waals surface area contributed by atoms with Crippen molar-refractivity contribution >= 4 is 18.3 Å². The Morgan fingerprint density at radius 3 is 2.15 bits per heavy atom. The number of halogens is 4. The largest absolute Gasteiger partial charge is 0.408 e. The van der Waals surface area contributed by atoms with Gasteiger partial charge in [-0.2, -0.15) is 13.2 Å². The highest BCUT2D eigenvalue weighted by Crippen LogP contribution is 2.36. The Bertz CT molecular complexity index is 313. The topological polar surface area (TPSA) is 41.1 Å². The molecule has 1 heterocycles. The highest BCUT2D eigenvalue weighted by molar-refractivity contribution is 5.85. The smallest absolute Gasteiger partial charge is 0.344 e. The van der Waals surface area contributed by atoms with Crippen LogP contribution in [0, 0.1) is 11.8 Å². The SMILES string of the molecule is Cl.O=C(NC(C1CCCC1)C(F)(F)F)C1CCNCC1. The summed E-state index contributed by atoms with van der Waals surface area (Å²) in [6.07, 6.45) is -0.284. The first-order valence-corrected chi connectivity index (χ1v) is 7.06. The van der Waals surface area contributed by atoms with Gasteiger partial charge in [0, 0.05) is 5.92 Å². The number of hydrogen-bond donors (Lipinski definition) is 2. The minimum Gasteiger partial charge on any atom is -0.344 e. The van der Waals surface area contributed by atoms with Crippen LogP contribution in [0.25, 0.3) is 0 Å². The number of carbonyl (C=O) groups excluding carboxylic acids is 1. The van der Waals surface area contributed by atoms with Crippen LogP contribution in [0.2, 0.25) is 0 Å². The Balaban J connectivity index is 0.00000200. The molecule has 0 aromatic rings. The number of carbonyl (C=O) groups is 1. The molecule has 2 rings (SSSR count). The lowest BCUT2D eigenvalue weighted by Crippen LogP contribution is -2.52. The maximum absolute atomic E-state index is 13.1. The number of hydrogen-bond acceptors (Lipinski definition) is 2. The van der Waals surface area contributed by atoms with Crippen LogP contribution in [0.3, 0.4) is 0 Å². The van der Waals surface area contributed by atoms with E-state index in [2.05, 4.69) is 10.6 Å². The molecule has 2 N–H and O–H groups in total. The summed E-state index contributed by atoms with van der Waals surface area (Å²) in [7, 11) is 0. The molecule has 1 aliphatic heterocycles. The van der Waals surface area contributed by atoms with E-state index < -0.39 is 24.0 Å². The molecule has 3 nitrogen and oxygen atoms in total. The predicted molar refractivity (Wildman–Crippen MR) is 72.8 cm³/mol. The third kappa shape index (κ3) is 4.52. The second-order valence-corrected chi connectivity index (χ2v) is 5.60. The monoisotopic (exact) mass is 314 g/mol. The van der Waals surface area contributed by atoms with Gasteiger partial charge in [0.05, 0.1) is 0 Å². The van der Waals surface area contributed by atoms with Crippen molar-refractivity contribution in [1.82, 2.24) is 10.6 Å². The van der Waals surface area contributed by atoms with Crippen molar-refractivity contribution in [1.29, 1.82) is 0 Å². The van der Waals surface area contributed by atoms with Crippen LogP contribution in [-0.2, 0) is 4.79 Å². The van der Waals surface area contributed by atoms with Crippen LogP contribution in [-0.4, -0.2) is 31.2 Å². The Hall–Kier alpha value is -0.490. The molecule has 118 valence electrons. The summed E-state index contributed by atoms with van der Waals surface area (Å²) in [5, 5.41) is 5.38. The summed E-state index contributed by atoms with van der Waals surface area (Å²) < 4.78 is 39.2. The van der Waals surface area contributed by atoms with Crippen molar-refractivity contribution < 1.29 is 18.0 Å². The maximum Gasteiger partial charge on any atom is 0.408 e. The molecule has 2 aliphatic rings. The number of alkyl halides is 3. The Morgan fingerprint density at radius 1 is 1.10 bits per heavy atom. The average Bonchev–Trinajstić information content (AvgIpc) is 2.88. The summed E-state index contributed by atoms with van der Waals surface area (Å²) >= 11 is 0. The van der Waals surface area contributed by atoms with E-state index in [1.165, 1.54) is 0 Å². The van der Waals surface area contributed by atoms with Crippen LogP contribution in [0.4, 0.5) is 13.2 Å². The van der Waals surface area contributed by atoms with Gasteiger partial charge < -0.3 is 10.6 Å². The van der Waals surface area contributed by atoms with Crippen LogP contribution in [0.5, 0.6) is 0 Å². The third-order valence-corrected chi connectivity index (χ3v) is 4.23. The fraction of sp³-hybridized carbons (Fsp3) is 0.923. The Morgan fingerprint density at radius 2 is 1.65 bits per heavy atom. The molecule has 0 aromatic heterocycles. The number of rotatable bonds is 3. The van der Waals surface area contributed by atoms with Crippen LogP contribution in [0.1, 0.15) is 38.5 Å². The molecule has 0 radical (unpaired) electrons. The van der Waals surface area contributed by atoms with Gasteiger partial charge in [-0.05, 0) is 44.7 Å². The van der Waals surface area contributed by atoms with E-state index in [0.717, 1.165) is 12.8 Å². The molecule has 0 aromatic carbocycles. The molecule has 1 unspecified atom stereocenters. The van der Waals surface area contributed by atoms with Crippen molar-refractivity contribution in [3.63, 3.8) is 0 Å². The first-order valence-electron chi connectivity index (χ1n) is 7.06. The Kier molecular flexibility index (Phi) is 6.58. The minimum absolute atomic E-state index is 0. The lowest BCUT2D eigenvalue weighted by molar-refractivity contribution is -0.173. The normalized spacial score (nSPS) is 23.1. The standard InChI is InChI=1S/C13H21F3N2O.ClH/c14-13(15,16)11(9-3-1-2-4-9)18-12(19)10-5-7-17-8-6-10;/h9-11,17H,1-8H2,(H,18,19);1H. The van der Waals surface area contributed by atoms with Crippen molar-refractivity contribution in [2.75, 3.05) is 13.1 Å². The van der Waals surface area contributed by atoms with Crippen molar-refractivity contribution in [3.8, 4) is 0 Å². The lowest BCUT2D eigenvalue weighted by atomic mass is 9.93. The second-order valence-electron chi connectivity index (χ2n) is 5.60. The van der Waals surface area contributed by atoms with E-state index in [-0.39, 0.29) is 18.3 Å². The zero-order chi connectivity index (χ0) is 13.9. The fourth-order valence-electron chi connectivity index (χ4n) is 3.11. The predicted octanol–water partition coefficient (Wildman–Crippen LogP) is 2.65. The van der Waals surface area contributed by atoms with E-state index in [1.807, 2.05) is 0 Å². The quantitative estimate of drug-likeness (QED) is 0.841. The molecule has 0 bridgehead atoms. The fourth-order valence-corrected chi connectivity index (χ4v) is 3.11. The van der Waals surface area contributed by atoms with Crippen LogP contribution < -0.4 is 10.6 Å². The molecule has 1 saturated carbocycles. The molecular formula is C13H22ClF3N2O. The number of piperidine rings is 1. The third-order valence-electron chi connectivity index (χ3n) is 4.23. The molecule has 1 aliphatic carbocycles. The molecule has 7 heteroatoms. The van der Waals surface area contributed by atoms with Gasteiger partial charge in [0.2, 0.25) is 5.91 Å². The van der Waals surface area contributed by atoms with Crippen molar-refractivity contribution in [2.45, 2.75) is 50.7 Å². The highest BCUT2D eigenvalue weighted by atomic mass is 35.5. The van der Waals surface area contributed by atoms with Crippen LogP contribution >= 0.6 is 12.4 Å². The summed E-state index contributed by atoms with van der Waals surface area (Å²) in [4.78, 5) is 12.0. The van der Waals surface area contributed by atoms with E-state index in [4.69, 9.17) is 0 Å². The molecule has 1 amide bonds. The number of nitrogens with one attached hydrogen (secondary N) is 2. The molecule has 2 fully saturated rings. The van der Waals surface area contributed by atoms with E-state index in [0.29, 0.717) is 38.8 Å². The van der Waals surface area contributed by atoms with E-state index in [9.17, 15) is 18.0 Å². The van der Waals surface area contributed by atoms with Gasteiger partial charge in [-0.25, -0.2) is 0 Å². The van der Waals surface area contributed by atoms with Gasteiger partial charge in [-0.1, -0.05) is 12.8 Å². The minimum atomic E-state index is -4.34. The summed E-state index contributed by atoms with van der Waals surface area (Å²) in [5.74, 6) is -1.13. The first kappa shape index (κ1) is 17.6. The van der Waals surface area contributed by atoms with E-state index in [1.54, 1.807) is 0 Å². The molecule has 20 heavy (non-hydrogen) atoms. The summed E-state index contributed by atoms with van der Waals surface area (Å²) in [6.45, 7) is 1.41. The highest BCUT2D eigenvalue weighted by Gasteiger charge is 2.46. The number of amides is 1. The van der Waals surface area contributed by atoms with Gasteiger partial charge in [0.1, 0.15) is 6.04 Å². The zero-order valence-corrected chi connectivity index (χ0v) is 12.2. The molecule has 1 atom stereocenters. The summed E-state index contributed by atoms with van der Waals surface area (Å²) in [5.41, 5.74) is 0. The van der Waals surface area contributed by atoms with Gasteiger partial charge in [-0.15, -0.1) is 12.4 Å². The Labute approximate surface area is 123 Å².